The number of carboxylic acids is 1. The maximum absolute atomic E-state index is 11.7. The lowest BCUT2D eigenvalue weighted by Gasteiger charge is -2.28. The zero-order valence-electron chi connectivity index (χ0n) is 10.9. The van der Waals surface area contributed by atoms with Gasteiger partial charge in [0.05, 0.1) is 12.0 Å². The van der Waals surface area contributed by atoms with E-state index in [1.807, 2.05) is 7.05 Å². The van der Waals surface area contributed by atoms with Crippen LogP contribution in [0, 0.1) is 0 Å². The van der Waals surface area contributed by atoms with Crippen molar-refractivity contribution in [2.45, 2.75) is 44.1 Å². The molecule has 0 aromatic carbocycles. The first-order valence-electron chi connectivity index (χ1n) is 6.50. The van der Waals surface area contributed by atoms with Crippen molar-refractivity contribution in [1.82, 2.24) is 16.0 Å². The fourth-order valence-corrected chi connectivity index (χ4v) is 2.44. The third kappa shape index (κ3) is 4.91. The van der Waals surface area contributed by atoms with Gasteiger partial charge in [-0.25, -0.2) is 4.79 Å². The average Bonchev–Trinajstić information content (AvgIpc) is 2.71. The van der Waals surface area contributed by atoms with Crippen molar-refractivity contribution in [3.05, 3.63) is 0 Å². The van der Waals surface area contributed by atoms with Crippen LogP contribution in [0.2, 0.25) is 0 Å². The highest BCUT2D eigenvalue weighted by molar-refractivity contribution is 5.76. The van der Waals surface area contributed by atoms with Gasteiger partial charge >= 0.3 is 12.0 Å². The Balaban J connectivity index is 2.36. The van der Waals surface area contributed by atoms with Crippen LogP contribution >= 0.6 is 0 Å². The molecule has 1 fully saturated rings. The Morgan fingerprint density at radius 3 is 2.44 bits per heavy atom. The minimum Gasteiger partial charge on any atom is -0.481 e. The van der Waals surface area contributed by atoms with Crippen LogP contribution in [-0.2, 0) is 4.79 Å². The van der Waals surface area contributed by atoms with E-state index in [1.165, 1.54) is 0 Å². The minimum atomic E-state index is -0.854. The summed E-state index contributed by atoms with van der Waals surface area (Å²) in [5.74, 6) is -0.854. The van der Waals surface area contributed by atoms with E-state index in [-0.39, 0.29) is 12.5 Å². The first kappa shape index (κ1) is 14.8. The molecule has 0 saturated heterocycles. The van der Waals surface area contributed by atoms with Gasteiger partial charge in [0.2, 0.25) is 0 Å². The number of rotatable bonds is 7. The summed E-state index contributed by atoms with van der Waals surface area (Å²) < 4.78 is 0. The van der Waals surface area contributed by atoms with Crippen LogP contribution in [0.4, 0.5) is 4.79 Å². The lowest BCUT2D eigenvalue weighted by Crippen LogP contribution is -2.51. The highest BCUT2D eigenvalue weighted by atomic mass is 16.4. The van der Waals surface area contributed by atoms with Gasteiger partial charge in [-0.3, -0.25) is 4.79 Å². The molecule has 2 amide bonds. The largest absolute Gasteiger partial charge is 0.481 e. The molecule has 0 aliphatic heterocycles. The normalized spacial score (nSPS) is 17.4. The molecule has 6 nitrogen and oxygen atoms in total. The molecule has 0 unspecified atom stereocenters. The molecule has 1 saturated carbocycles. The lowest BCUT2D eigenvalue weighted by atomic mass is 9.93. The summed E-state index contributed by atoms with van der Waals surface area (Å²) in [7, 11) is 1.86. The second kappa shape index (κ2) is 7.20. The summed E-state index contributed by atoms with van der Waals surface area (Å²) >= 11 is 0. The second-order valence-corrected chi connectivity index (χ2v) is 4.90. The topological polar surface area (TPSA) is 90.5 Å². The van der Waals surface area contributed by atoms with Gasteiger partial charge in [0, 0.05) is 6.54 Å². The van der Waals surface area contributed by atoms with E-state index >= 15 is 0 Å². The number of urea groups is 1. The molecule has 18 heavy (non-hydrogen) atoms. The third-order valence-electron chi connectivity index (χ3n) is 3.32. The van der Waals surface area contributed by atoms with Crippen molar-refractivity contribution < 1.29 is 14.7 Å². The Bertz CT molecular complexity index is 288. The summed E-state index contributed by atoms with van der Waals surface area (Å²) in [4.78, 5) is 22.6. The molecule has 0 aromatic heterocycles. The van der Waals surface area contributed by atoms with Crippen LogP contribution in [0.15, 0.2) is 0 Å². The fraction of sp³-hybridized carbons (Fsp3) is 0.833. The smallest absolute Gasteiger partial charge is 0.315 e. The molecule has 0 aromatic rings. The number of amides is 2. The molecule has 1 aliphatic rings. The van der Waals surface area contributed by atoms with Crippen molar-refractivity contribution >= 4 is 12.0 Å². The van der Waals surface area contributed by atoms with Crippen LogP contribution in [-0.4, -0.2) is 42.8 Å². The molecule has 0 heterocycles. The van der Waals surface area contributed by atoms with E-state index in [4.69, 9.17) is 5.11 Å². The van der Waals surface area contributed by atoms with Crippen LogP contribution < -0.4 is 16.0 Å². The van der Waals surface area contributed by atoms with Crippen molar-refractivity contribution in [1.29, 1.82) is 0 Å². The first-order chi connectivity index (χ1) is 8.58. The molecule has 0 bridgehead atoms. The predicted octanol–water partition coefficient (Wildman–Crippen LogP) is 0.683. The number of aliphatic carboxylic acids is 1. The second-order valence-electron chi connectivity index (χ2n) is 4.90. The van der Waals surface area contributed by atoms with Crippen LogP contribution in [0.25, 0.3) is 0 Å². The molecule has 0 atom stereocenters. The van der Waals surface area contributed by atoms with Gasteiger partial charge < -0.3 is 21.1 Å². The predicted molar refractivity (Wildman–Crippen MR) is 68.5 cm³/mol. The number of hydrogen-bond donors (Lipinski definition) is 4. The Hall–Kier alpha value is -1.30. The highest BCUT2D eigenvalue weighted by Crippen LogP contribution is 2.32. The molecule has 1 rings (SSSR count). The van der Waals surface area contributed by atoms with Gasteiger partial charge in [-0.15, -0.1) is 0 Å². The quantitative estimate of drug-likeness (QED) is 0.505. The van der Waals surface area contributed by atoms with Gasteiger partial charge in [-0.2, -0.15) is 0 Å². The number of carboxylic acid groups (broad SMARTS) is 1. The summed E-state index contributed by atoms with van der Waals surface area (Å²) in [6.45, 7) is 1.44. The first-order valence-corrected chi connectivity index (χ1v) is 6.50. The maximum atomic E-state index is 11.7. The fourth-order valence-electron chi connectivity index (χ4n) is 2.44. The Labute approximate surface area is 108 Å². The van der Waals surface area contributed by atoms with E-state index in [1.54, 1.807) is 0 Å². The van der Waals surface area contributed by atoms with Gasteiger partial charge in [0.25, 0.3) is 0 Å². The van der Waals surface area contributed by atoms with E-state index in [2.05, 4.69) is 16.0 Å². The zero-order chi connectivity index (χ0) is 13.4. The number of carbonyl (C=O) groups is 2. The maximum Gasteiger partial charge on any atom is 0.315 e. The molecule has 1 aliphatic carbocycles. The van der Waals surface area contributed by atoms with Gasteiger partial charge in [-0.1, -0.05) is 12.8 Å². The summed E-state index contributed by atoms with van der Waals surface area (Å²) in [5.41, 5.74) is -0.543. The van der Waals surface area contributed by atoms with E-state index in [0.29, 0.717) is 6.54 Å². The lowest BCUT2D eigenvalue weighted by molar-refractivity contribution is -0.138. The number of nitrogens with one attached hydrogen (secondary N) is 3. The van der Waals surface area contributed by atoms with Gasteiger partial charge in [0.15, 0.2) is 0 Å². The zero-order valence-corrected chi connectivity index (χ0v) is 10.9. The van der Waals surface area contributed by atoms with Crippen LogP contribution in [0.5, 0.6) is 0 Å². The van der Waals surface area contributed by atoms with Crippen molar-refractivity contribution in [2.24, 2.45) is 0 Å². The molecule has 104 valence electrons. The standard InChI is InChI=1S/C12H23N3O3/c1-13-7-4-8-14-11(18)15-12(9-10(16)17)5-2-3-6-12/h13H,2-9H2,1H3,(H,16,17)(H2,14,15,18). The molecule has 4 N–H and O–H groups in total. The number of carbonyl (C=O) groups excluding carboxylic acids is 1. The molecular weight excluding hydrogens is 234 g/mol. The van der Waals surface area contributed by atoms with Gasteiger partial charge in [-0.05, 0) is 32.9 Å². The van der Waals surface area contributed by atoms with E-state index in [9.17, 15) is 9.59 Å². The van der Waals surface area contributed by atoms with Crippen molar-refractivity contribution in [3.63, 3.8) is 0 Å². The summed E-state index contributed by atoms with van der Waals surface area (Å²) in [5, 5.41) is 17.5. The molecule has 0 spiro atoms. The van der Waals surface area contributed by atoms with E-state index in [0.717, 1.165) is 38.6 Å². The Morgan fingerprint density at radius 2 is 1.89 bits per heavy atom. The van der Waals surface area contributed by atoms with E-state index < -0.39 is 11.5 Å². The van der Waals surface area contributed by atoms with Crippen LogP contribution in [0.3, 0.4) is 0 Å². The van der Waals surface area contributed by atoms with Gasteiger partial charge in [0.1, 0.15) is 0 Å². The SMILES string of the molecule is CNCCCNC(=O)NC1(CC(=O)O)CCCC1. The van der Waals surface area contributed by atoms with Crippen molar-refractivity contribution in [3.8, 4) is 0 Å². The average molecular weight is 257 g/mol. The Kier molecular flexibility index (Phi) is 5.91. The minimum absolute atomic E-state index is 0.0108. The third-order valence-corrected chi connectivity index (χ3v) is 3.32. The summed E-state index contributed by atoms with van der Waals surface area (Å²) in [6, 6.07) is -0.255. The monoisotopic (exact) mass is 257 g/mol. The molecule has 0 radical (unpaired) electrons. The van der Waals surface area contributed by atoms with Crippen LogP contribution in [0.1, 0.15) is 38.5 Å². The highest BCUT2D eigenvalue weighted by Gasteiger charge is 2.37. The summed E-state index contributed by atoms with van der Waals surface area (Å²) in [6.07, 6.45) is 4.33. The molecular formula is C12H23N3O3. The van der Waals surface area contributed by atoms with Crippen molar-refractivity contribution in [2.75, 3.05) is 20.1 Å². The molecule has 6 heteroatoms. The Morgan fingerprint density at radius 1 is 1.22 bits per heavy atom. The number of hydrogen-bond acceptors (Lipinski definition) is 3.